The molecule has 2 aromatic rings. The van der Waals surface area contributed by atoms with Crippen LogP contribution in [0.15, 0.2) is 36.4 Å². The topological polar surface area (TPSA) is 35.5 Å². The highest BCUT2D eigenvalue weighted by molar-refractivity contribution is 14.1. The maximum Gasteiger partial charge on any atom is 0.309 e. The standard InChI is InChI=1S/C19H19F2IO3/c1-3-12-7-8-17(14(9-12)19(20)21)25-11-15-13(10-18(23)24-2)5-4-6-16(15)22/h4-9,19H,3,10-11H2,1-2H3. The maximum atomic E-state index is 13.3. The third kappa shape index (κ3) is 5.14. The molecule has 0 spiro atoms. The number of carbonyl (C=O) groups excluding carboxylic acids is 1. The summed E-state index contributed by atoms with van der Waals surface area (Å²) in [7, 11) is 1.33. The van der Waals surface area contributed by atoms with Crippen molar-refractivity contribution in [2.75, 3.05) is 7.11 Å². The number of hydrogen-bond donors (Lipinski definition) is 0. The van der Waals surface area contributed by atoms with Crippen molar-refractivity contribution in [1.29, 1.82) is 0 Å². The van der Waals surface area contributed by atoms with Crippen molar-refractivity contribution < 1.29 is 23.0 Å². The zero-order valence-electron chi connectivity index (χ0n) is 14.0. The predicted octanol–water partition coefficient (Wildman–Crippen LogP) is 5.09. The molecule has 134 valence electrons. The largest absolute Gasteiger partial charge is 0.488 e. The molecule has 0 heterocycles. The number of esters is 1. The third-order valence-electron chi connectivity index (χ3n) is 3.87. The van der Waals surface area contributed by atoms with Gasteiger partial charge in [0.2, 0.25) is 0 Å². The SMILES string of the molecule is CCc1ccc(OCc2c(I)cccc2CC(=O)OC)c(C(F)F)c1. The minimum atomic E-state index is -2.61. The molecule has 0 aliphatic rings. The van der Waals surface area contributed by atoms with E-state index in [0.29, 0.717) is 6.42 Å². The first kappa shape index (κ1) is 19.6. The average molecular weight is 460 g/mol. The summed E-state index contributed by atoms with van der Waals surface area (Å²) in [5, 5.41) is 0. The van der Waals surface area contributed by atoms with Gasteiger partial charge in [0.25, 0.3) is 6.43 Å². The van der Waals surface area contributed by atoms with E-state index in [4.69, 9.17) is 9.47 Å². The Morgan fingerprint density at radius 2 is 2.00 bits per heavy atom. The molecule has 0 amide bonds. The van der Waals surface area contributed by atoms with Gasteiger partial charge in [-0.1, -0.05) is 25.1 Å². The second kappa shape index (κ2) is 9.12. The van der Waals surface area contributed by atoms with Crippen LogP contribution in [0.4, 0.5) is 8.78 Å². The predicted molar refractivity (Wildman–Crippen MR) is 100.0 cm³/mol. The Balaban J connectivity index is 2.26. The summed E-state index contributed by atoms with van der Waals surface area (Å²) in [6.07, 6.45) is -1.81. The van der Waals surface area contributed by atoms with Crippen molar-refractivity contribution in [3.63, 3.8) is 0 Å². The van der Waals surface area contributed by atoms with E-state index in [0.717, 1.165) is 20.3 Å². The fraction of sp³-hybridized carbons (Fsp3) is 0.316. The molecular weight excluding hydrogens is 441 g/mol. The van der Waals surface area contributed by atoms with Gasteiger partial charge in [0.15, 0.2) is 0 Å². The van der Waals surface area contributed by atoms with E-state index in [1.807, 2.05) is 25.1 Å². The summed E-state index contributed by atoms with van der Waals surface area (Å²) in [4.78, 5) is 11.6. The van der Waals surface area contributed by atoms with Crippen LogP contribution in [0.25, 0.3) is 0 Å². The van der Waals surface area contributed by atoms with Crippen LogP contribution in [-0.4, -0.2) is 13.1 Å². The maximum absolute atomic E-state index is 13.3. The molecule has 0 aliphatic heterocycles. The molecule has 0 unspecified atom stereocenters. The van der Waals surface area contributed by atoms with Gasteiger partial charge in [0.05, 0.1) is 19.1 Å². The van der Waals surface area contributed by atoms with Gasteiger partial charge < -0.3 is 9.47 Å². The van der Waals surface area contributed by atoms with Crippen LogP contribution in [0.5, 0.6) is 5.75 Å². The monoisotopic (exact) mass is 460 g/mol. The molecule has 0 saturated carbocycles. The number of rotatable bonds is 7. The van der Waals surface area contributed by atoms with Gasteiger partial charge >= 0.3 is 5.97 Å². The van der Waals surface area contributed by atoms with E-state index in [1.165, 1.54) is 13.2 Å². The highest BCUT2D eigenvalue weighted by Crippen LogP contribution is 2.31. The highest BCUT2D eigenvalue weighted by Gasteiger charge is 2.17. The van der Waals surface area contributed by atoms with E-state index in [2.05, 4.69) is 22.6 Å². The van der Waals surface area contributed by atoms with E-state index in [9.17, 15) is 13.6 Å². The summed E-state index contributed by atoms with van der Waals surface area (Å²) in [6, 6.07) is 10.4. The first-order valence-corrected chi connectivity index (χ1v) is 8.91. The van der Waals surface area contributed by atoms with Gasteiger partial charge in [-0.25, -0.2) is 8.78 Å². The number of methoxy groups -OCH3 is 1. The summed E-state index contributed by atoms with van der Waals surface area (Å²) < 4.78 is 37.9. The molecule has 0 atom stereocenters. The van der Waals surface area contributed by atoms with Gasteiger partial charge in [-0.15, -0.1) is 0 Å². The van der Waals surface area contributed by atoms with Crippen LogP contribution in [0.3, 0.4) is 0 Å². The Morgan fingerprint density at radius 3 is 2.64 bits per heavy atom. The van der Waals surface area contributed by atoms with E-state index >= 15 is 0 Å². The fourth-order valence-electron chi connectivity index (χ4n) is 2.43. The number of hydrogen-bond acceptors (Lipinski definition) is 3. The zero-order valence-corrected chi connectivity index (χ0v) is 16.2. The second-order valence-electron chi connectivity index (χ2n) is 5.45. The molecule has 0 fully saturated rings. The third-order valence-corrected chi connectivity index (χ3v) is 4.88. The number of aryl methyl sites for hydroxylation is 1. The van der Waals surface area contributed by atoms with E-state index in [1.54, 1.807) is 12.1 Å². The summed E-state index contributed by atoms with van der Waals surface area (Å²) in [5.74, 6) is -0.195. The highest BCUT2D eigenvalue weighted by atomic mass is 127. The van der Waals surface area contributed by atoms with Crippen LogP contribution in [0.1, 0.15) is 35.6 Å². The van der Waals surface area contributed by atoms with Crippen LogP contribution in [0, 0.1) is 3.57 Å². The molecule has 0 N–H and O–H groups in total. The lowest BCUT2D eigenvalue weighted by Crippen LogP contribution is -2.10. The Morgan fingerprint density at radius 1 is 1.24 bits per heavy atom. The lowest BCUT2D eigenvalue weighted by atomic mass is 10.0. The zero-order chi connectivity index (χ0) is 18.4. The number of ether oxygens (including phenoxy) is 2. The van der Waals surface area contributed by atoms with Gasteiger partial charge in [-0.05, 0) is 58.3 Å². The first-order valence-electron chi connectivity index (χ1n) is 7.83. The van der Waals surface area contributed by atoms with Crippen LogP contribution < -0.4 is 4.74 Å². The number of carbonyl (C=O) groups is 1. The second-order valence-corrected chi connectivity index (χ2v) is 6.61. The van der Waals surface area contributed by atoms with E-state index < -0.39 is 6.43 Å². The molecule has 2 aromatic carbocycles. The van der Waals surface area contributed by atoms with Gasteiger partial charge in [0.1, 0.15) is 12.4 Å². The van der Waals surface area contributed by atoms with Gasteiger partial charge in [-0.3, -0.25) is 4.79 Å². The average Bonchev–Trinajstić information content (AvgIpc) is 2.60. The molecule has 2 rings (SSSR count). The summed E-state index contributed by atoms with van der Waals surface area (Å²) in [5.41, 5.74) is 2.29. The lowest BCUT2D eigenvalue weighted by Gasteiger charge is -2.15. The molecule has 0 aliphatic carbocycles. The van der Waals surface area contributed by atoms with Gasteiger partial charge in [-0.2, -0.15) is 0 Å². The normalized spacial score (nSPS) is 10.8. The number of halogens is 3. The molecule has 0 radical (unpaired) electrons. The lowest BCUT2D eigenvalue weighted by molar-refractivity contribution is -0.139. The van der Waals surface area contributed by atoms with Crippen LogP contribution in [0.2, 0.25) is 0 Å². The first-order chi connectivity index (χ1) is 12.0. The molecule has 25 heavy (non-hydrogen) atoms. The van der Waals surface area contributed by atoms with Crippen LogP contribution >= 0.6 is 22.6 Å². The molecule has 0 bridgehead atoms. The van der Waals surface area contributed by atoms with Crippen molar-refractivity contribution in [2.45, 2.75) is 32.8 Å². The fourth-order valence-corrected chi connectivity index (χ4v) is 3.14. The van der Waals surface area contributed by atoms with Crippen molar-refractivity contribution in [2.24, 2.45) is 0 Å². The molecular formula is C19H19F2IO3. The molecule has 0 saturated heterocycles. The Bertz CT molecular complexity index is 747. The smallest absolute Gasteiger partial charge is 0.309 e. The quantitative estimate of drug-likeness (QED) is 0.427. The molecule has 0 aromatic heterocycles. The minimum Gasteiger partial charge on any atom is -0.488 e. The Kier molecular flexibility index (Phi) is 7.16. The molecule has 3 nitrogen and oxygen atoms in total. The Hall–Kier alpha value is -1.70. The van der Waals surface area contributed by atoms with Crippen molar-refractivity contribution >= 4 is 28.6 Å². The van der Waals surface area contributed by atoms with Crippen molar-refractivity contribution in [3.05, 3.63) is 62.2 Å². The number of benzene rings is 2. The van der Waals surface area contributed by atoms with Gasteiger partial charge in [0, 0.05) is 9.13 Å². The Labute approximate surface area is 159 Å². The molecule has 6 heteroatoms. The minimum absolute atomic E-state index is 0.108. The van der Waals surface area contributed by atoms with Crippen molar-refractivity contribution in [3.8, 4) is 5.75 Å². The summed E-state index contributed by atoms with van der Waals surface area (Å²) in [6.45, 7) is 2.02. The summed E-state index contributed by atoms with van der Waals surface area (Å²) >= 11 is 2.14. The van der Waals surface area contributed by atoms with E-state index in [-0.39, 0.29) is 30.3 Å². The van der Waals surface area contributed by atoms with Crippen molar-refractivity contribution in [1.82, 2.24) is 0 Å². The van der Waals surface area contributed by atoms with Crippen LogP contribution in [-0.2, 0) is 29.0 Å². The number of alkyl halides is 2.